The Kier molecular flexibility index (Phi) is 10.1. The first-order valence-electron chi connectivity index (χ1n) is 3.60. The third kappa shape index (κ3) is 13.1. The average molecular weight is 188 g/mol. The van der Waals surface area contributed by atoms with Gasteiger partial charge in [0.25, 0.3) is 0 Å². The molecule has 0 heterocycles. The van der Waals surface area contributed by atoms with Gasteiger partial charge in [-0.25, -0.2) is 8.42 Å². The first-order valence-corrected chi connectivity index (χ1v) is 5.18. The van der Waals surface area contributed by atoms with Gasteiger partial charge in [0.05, 0.1) is 10.1 Å². The van der Waals surface area contributed by atoms with E-state index < -0.39 is 10.1 Å². The summed E-state index contributed by atoms with van der Waals surface area (Å²) in [6.07, 6.45) is 2.57. The number of rotatable bonds is 6. The standard InChI is InChI=1S/C6H14O4S.Li/c7-5-3-1-2-4-6-11(8,9)10;/h7H,1-6H2,(H,8,9,10);/q;+1/p-1. The summed E-state index contributed by atoms with van der Waals surface area (Å²) in [7, 11) is -4.02. The van der Waals surface area contributed by atoms with Crippen molar-refractivity contribution < 1.29 is 36.9 Å². The molecule has 0 spiro atoms. The molecule has 0 rings (SSSR count). The predicted molar refractivity (Wildman–Crippen MR) is 40.1 cm³/mol. The van der Waals surface area contributed by atoms with Gasteiger partial charge in [0, 0.05) is 12.4 Å². The van der Waals surface area contributed by atoms with Crippen LogP contribution in [0.3, 0.4) is 0 Å². The molecule has 6 heteroatoms. The van der Waals surface area contributed by atoms with Crippen molar-refractivity contribution in [2.75, 3.05) is 12.4 Å². The smallest absolute Gasteiger partial charge is 0.748 e. The molecule has 0 aromatic rings. The van der Waals surface area contributed by atoms with Gasteiger partial charge in [0.2, 0.25) is 0 Å². The molecule has 1 N–H and O–H groups in total. The third-order valence-corrected chi connectivity index (χ3v) is 2.09. The topological polar surface area (TPSA) is 77.4 Å². The maximum absolute atomic E-state index is 10.1. The molecule has 0 unspecified atom stereocenters. The minimum absolute atomic E-state index is 0. The first kappa shape index (κ1) is 15.0. The molecule has 0 aromatic heterocycles. The molecule has 0 aromatic carbocycles. The van der Waals surface area contributed by atoms with Crippen LogP contribution in [0.25, 0.3) is 0 Å². The Bertz CT molecular complexity index is 178. The Morgan fingerprint density at radius 1 is 1.08 bits per heavy atom. The molecule has 0 bridgehead atoms. The zero-order chi connectivity index (χ0) is 8.74. The van der Waals surface area contributed by atoms with Crippen LogP contribution in [0.1, 0.15) is 25.7 Å². The first-order chi connectivity index (χ1) is 5.06. The molecule has 0 aliphatic carbocycles. The largest absolute Gasteiger partial charge is 1.00 e. The Morgan fingerprint density at radius 3 is 2.00 bits per heavy atom. The number of hydrogen-bond acceptors (Lipinski definition) is 4. The van der Waals surface area contributed by atoms with Crippen molar-refractivity contribution in [3.8, 4) is 0 Å². The molecule has 0 saturated heterocycles. The molecule has 0 radical (unpaired) electrons. The minimum atomic E-state index is -4.02. The Balaban J connectivity index is 0. The van der Waals surface area contributed by atoms with Gasteiger partial charge in [0.15, 0.2) is 0 Å². The van der Waals surface area contributed by atoms with Crippen molar-refractivity contribution in [1.29, 1.82) is 0 Å². The summed E-state index contributed by atoms with van der Waals surface area (Å²) >= 11 is 0. The summed E-state index contributed by atoms with van der Waals surface area (Å²) in [5.41, 5.74) is 0. The van der Waals surface area contributed by atoms with E-state index in [9.17, 15) is 13.0 Å². The number of aliphatic hydroxyl groups excluding tert-OH is 1. The molecule has 0 aliphatic heterocycles. The molecule has 0 saturated carbocycles. The van der Waals surface area contributed by atoms with Crippen molar-refractivity contribution in [3.05, 3.63) is 0 Å². The molecule has 0 atom stereocenters. The fraction of sp³-hybridized carbons (Fsp3) is 1.00. The second kappa shape index (κ2) is 8.08. The van der Waals surface area contributed by atoms with Crippen LogP contribution >= 0.6 is 0 Å². The van der Waals surface area contributed by atoms with Crippen LogP contribution < -0.4 is 18.9 Å². The van der Waals surface area contributed by atoms with E-state index in [-0.39, 0.29) is 31.2 Å². The number of unbranched alkanes of at least 4 members (excludes halogenated alkanes) is 3. The van der Waals surface area contributed by atoms with Crippen molar-refractivity contribution in [2.24, 2.45) is 0 Å². The third-order valence-electron chi connectivity index (χ3n) is 1.30. The summed E-state index contributed by atoms with van der Waals surface area (Å²) < 4.78 is 30.2. The minimum Gasteiger partial charge on any atom is -0.748 e. The van der Waals surface area contributed by atoms with Gasteiger partial charge >= 0.3 is 18.9 Å². The van der Waals surface area contributed by atoms with Crippen LogP contribution in [0.4, 0.5) is 0 Å². The quantitative estimate of drug-likeness (QED) is 0.275. The van der Waals surface area contributed by atoms with Gasteiger partial charge < -0.3 is 9.66 Å². The van der Waals surface area contributed by atoms with E-state index in [1.54, 1.807) is 0 Å². The van der Waals surface area contributed by atoms with Gasteiger partial charge in [-0.2, -0.15) is 0 Å². The van der Waals surface area contributed by atoms with Gasteiger partial charge in [-0.1, -0.05) is 12.8 Å². The molecular formula is C6H13LiO4S. The summed E-state index contributed by atoms with van der Waals surface area (Å²) in [5, 5.41) is 8.35. The summed E-state index contributed by atoms with van der Waals surface area (Å²) in [6.45, 7) is 0.129. The summed E-state index contributed by atoms with van der Waals surface area (Å²) in [5.74, 6) is -0.279. The van der Waals surface area contributed by atoms with Crippen molar-refractivity contribution in [1.82, 2.24) is 0 Å². The van der Waals surface area contributed by atoms with Crippen molar-refractivity contribution in [3.63, 3.8) is 0 Å². The number of hydrogen-bond donors (Lipinski definition) is 1. The van der Waals surface area contributed by atoms with Crippen LogP contribution in [0.2, 0.25) is 0 Å². The van der Waals surface area contributed by atoms with Crippen molar-refractivity contribution >= 4 is 10.1 Å². The maximum Gasteiger partial charge on any atom is 1.00 e. The summed E-state index contributed by atoms with van der Waals surface area (Å²) in [4.78, 5) is 0. The van der Waals surface area contributed by atoms with Gasteiger partial charge in [-0.15, -0.1) is 0 Å². The maximum atomic E-state index is 10.1. The monoisotopic (exact) mass is 188 g/mol. The Labute approximate surface area is 85.3 Å². The van der Waals surface area contributed by atoms with Crippen molar-refractivity contribution in [2.45, 2.75) is 25.7 Å². The van der Waals surface area contributed by atoms with Crippen LogP contribution in [0, 0.1) is 0 Å². The molecule has 0 amide bonds. The van der Waals surface area contributed by atoms with E-state index in [0.717, 1.165) is 6.42 Å². The number of aliphatic hydroxyl groups is 1. The molecule has 0 aliphatic rings. The van der Waals surface area contributed by atoms with E-state index in [1.807, 2.05) is 0 Å². The van der Waals surface area contributed by atoms with Crippen LogP contribution in [0.5, 0.6) is 0 Å². The van der Waals surface area contributed by atoms with E-state index in [2.05, 4.69) is 0 Å². The molecule has 12 heavy (non-hydrogen) atoms. The van der Waals surface area contributed by atoms with E-state index >= 15 is 0 Å². The van der Waals surface area contributed by atoms with E-state index in [1.165, 1.54) is 0 Å². The van der Waals surface area contributed by atoms with E-state index in [4.69, 9.17) is 5.11 Å². The summed E-state index contributed by atoms with van der Waals surface area (Å²) in [6, 6.07) is 0. The predicted octanol–water partition coefficient (Wildman–Crippen LogP) is -2.91. The molecule has 68 valence electrons. The molecule has 0 fully saturated rings. The van der Waals surface area contributed by atoms with Crippen LogP contribution in [-0.2, 0) is 10.1 Å². The van der Waals surface area contributed by atoms with Gasteiger partial charge in [0.1, 0.15) is 0 Å². The SMILES string of the molecule is O=S(=O)([O-])CCCCCCO.[Li+]. The average Bonchev–Trinajstić information content (AvgIpc) is 1.85. The second-order valence-electron chi connectivity index (χ2n) is 2.40. The fourth-order valence-corrected chi connectivity index (χ4v) is 1.30. The van der Waals surface area contributed by atoms with Crippen LogP contribution in [0.15, 0.2) is 0 Å². The van der Waals surface area contributed by atoms with E-state index in [0.29, 0.717) is 19.3 Å². The fourth-order valence-electron chi connectivity index (χ4n) is 0.744. The Morgan fingerprint density at radius 2 is 1.58 bits per heavy atom. The van der Waals surface area contributed by atoms with Crippen LogP contribution in [-0.4, -0.2) is 30.4 Å². The Hall–Kier alpha value is 0.467. The van der Waals surface area contributed by atoms with Gasteiger partial charge in [-0.3, -0.25) is 0 Å². The zero-order valence-corrected chi connectivity index (χ0v) is 8.14. The van der Waals surface area contributed by atoms with Gasteiger partial charge in [-0.05, 0) is 12.8 Å². The zero-order valence-electron chi connectivity index (χ0n) is 7.32. The molecule has 4 nitrogen and oxygen atoms in total. The molecular weight excluding hydrogens is 175 g/mol. The second-order valence-corrected chi connectivity index (χ2v) is 3.92. The normalized spacial score (nSPS) is 10.8.